The van der Waals surface area contributed by atoms with E-state index in [1.165, 1.54) is 0 Å². The van der Waals surface area contributed by atoms with Gasteiger partial charge in [-0.05, 0) is 45.6 Å². The summed E-state index contributed by atoms with van der Waals surface area (Å²) in [4.78, 5) is 12.6. The highest BCUT2D eigenvalue weighted by atomic mass is 32.2. The van der Waals surface area contributed by atoms with E-state index in [0.717, 1.165) is 4.88 Å². The summed E-state index contributed by atoms with van der Waals surface area (Å²) >= 11 is 1.60. The van der Waals surface area contributed by atoms with Gasteiger partial charge in [-0.25, -0.2) is 8.93 Å². The molecule has 0 aliphatic rings. The number of carbonyl (C=O) groups excluding carboxylic acids is 1. The van der Waals surface area contributed by atoms with Gasteiger partial charge in [-0.1, -0.05) is 6.07 Å². The minimum Gasteiger partial charge on any atom is -0.466 e. The molecular formula is C14H23NO3S2. The monoisotopic (exact) mass is 317 g/mol. The molecule has 0 bridgehead atoms. The Morgan fingerprint density at radius 1 is 1.50 bits per heavy atom. The summed E-state index contributed by atoms with van der Waals surface area (Å²) in [5.74, 6) is -0.211. The van der Waals surface area contributed by atoms with Crippen molar-refractivity contribution in [1.82, 2.24) is 4.72 Å². The van der Waals surface area contributed by atoms with Crippen molar-refractivity contribution in [3.8, 4) is 0 Å². The molecule has 0 saturated carbocycles. The number of thiophene rings is 1. The highest BCUT2D eigenvalue weighted by molar-refractivity contribution is 7.84. The van der Waals surface area contributed by atoms with Crippen molar-refractivity contribution in [3.05, 3.63) is 22.4 Å². The van der Waals surface area contributed by atoms with E-state index in [-0.39, 0.29) is 16.8 Å². The standard InChI is InChI=1S/C14H23NO3S2/c1-5-18-13(16)9-8-11(12-7-6-10-19-12)15-20(17)14(2,3)4/h6-7,10-11,15H,5,8-9H2,1-4H3/t11-,20+/m1/s1. The van der Waals surface area contributed by atoms with Gasteiger partial charge in [0.25, 0.3) is 0 Å². The van der Waals surface area contributed by atoms with Crippen molar-refractivity contribution in [1.29, 1.82) is 0 Å². The Morgan fingerprint density at radius 3 is 2.70 bits per heavy atom. The number of esters is 1. The Bertz CT molecular complexity index is 438. The molecular weight excluding hydrogens is 294 g/mol. The zero-order chi connectivity index (χ0) is 15.2. The van der Waals surface area contributed by atoms with E-state index in [0.29, 0.717) is 19.4 Å². The SMILES string of the molecule is CCOC(=O)CC[C@@H](N[S@@](=O)C(C)(C)C)c1cccs1. The molecule has 0 saturated heterocycles. The minimum absolute atomic E-state index is 0.0838. The lowest BCUT2D eigenvalue weighted by molar-refractivity contribution is -0.143. The number of ether oxygens (including phenoxy) is 1. The van der Waals surface area contributed by atoms with Crippen LogP contribution in [0.4, 0.5) is 0 Å². The predicted molar refractivity (Wildman–Crippen MR) is 84.0 cm³/mol. The van der Waals surface area contributed by atoms with Gasteiger partial charge in [0.1, 0.15) is 0 Å². The van der Waals surface area contributed by atoms with Crippen LogP contribution in [0.1, 0.15) is 51.5 Å². The van der Waals surface area contributed by atoms with Gasteiger partial charge < -0.3 is 4.74 Å². The van der Waals surface area contributed by atoms with E-state index >= 15 is 0 Å². The zero-order valence-electron chi connectivity index (χ0n) is 12.5. The first-order valence-electron chi connectivity index (χ1n) is 6.71. The quantitative estimate of drug-likeness (QED) is 0.786. The number of rotatable bonds is 7. The van der Waals surface area contributed by atoms with Crippen LogP contribution in [0.15, 0.2) is 17.5 Å². The topological polar surface area (TPSA) is 55.4 Å². The molecule has 114 valence electrons. The van der Waals surface area contributed by atoms with E-state index in [9.17, 15) is 9.00 Å². The lowest BCUT2D eigenvalue weighted by Gasteiger charge is -2.23. The summed E-state index contributed by atoms with van der Waals surface area (Å²) in [6.45, 7) is 7.96. The maximum absolute atomic E-state index is 12.2. The molecule has 0 unspecified atom stereocenters. The summed E-state index contributed by atoms with van der Waals surface area (Å²) in [6, 6.07) is 3.87. The molecule has 2 atom stereocenters. The molecule has 0 fully saturated rings. The van der Waals surface area contributed by atoms with Crippen molar-refractivity contribution in [2.75, 3.05) is 6.61 Å². The fraction of sp³-hybridized carbons (Fsp3) is 0.643. The average Bonchev–Trinajstić information content (AvgIpc) is 2.86. The van der Waals surface area contributed by atoms with E-state index < -0.39 is 11.0 Å². The molecule has 4 nitrogen and oxygen atoms in total. The molecule has 1 aromatic heterocycles. The third kappa shape index (κ3) is 5.73. The van der Waals surface area contributed by atoms with Gasteiger partial charge in [-0.3, -0.25) is 4.79 Å². The van der Waals surface area contributed by atoms with E-state index in [4.69, 9.17) is 4.74 Å². The fourth-order valence-corrected chi connectivity index (χ4v) is 3.29. The smallest absolute Gasteiger partial charge is 0.305 e. The zero-order valence-corrected chi connectivity index (χ0v) is 14.1. The van der Waals surface area contributed by atoms with E-state index in [2.05, 4.69) is 4.72 Å². The van der Waals surface area contributed by atoms with Crippen LogP contribution in [0, 0.1) is 0 Å². The first kappa shape index (κ1) is 17.3. The summed E-state index contributed by atoms with van der Waals surface area (Å²) < 4.78 is 20.0. The van der Waals surface area contributed by atoms with Crippen molar-refractivity contribution < 1.29 is 13.7 Å². The molecule has 0 amide bonds. The molecule has 0 aliphatic heterocycles. The van der Waals surface area contributed by atoms with E-state index in [1.807, 2.05) is 38.3 Å². The number of nitrogens with one attached hydrogen (secondary N) is 1. The van der Waals surface area contributed by atoms with Crippen LogP contribution in [0.3, 0.4) is 0 Å². The number of hydrogen-bond donors (Lipinski definition) is 1. The van der Waals surface area contributed by atoms with Crippen LogP contribution in [0.5, 0.6) is 0 Å². The largest absolute Gasteiger partial charge is 0.466 e. The maximum Gasteiger partial charge on any atom is 0.305 e. The van der Waals surface area contributed by atoms with Crippen molar-refractivity contribution in [2.24, 2.45) is 0 Å². The normalized spacial score (nSPS) is 14.8. The molecule has 1 heterocycles. The number of hydrogen-bond acceptors (Lipinski definition) is 4. The number of carbonyl (C=O) groups is 1. The molecule has 1 rings (SSSR count). The summed E-state index contributed by atoms with van der Waals surface area (Å²) in [5, 5.41) is 1.98. The van der Waals surface area contributed by atoms with Crippen LogP contribution in [-0.4, -0.2) is 21.5 Å². The van der Waals surface area contributed by atoms with Crippen LogP contribution < -0.4 is 4.72 Å². The van der Waals surface area contributed by atoms with Crippen LogP contribution in [-0.2, 0) is 20.5 Å². The first-order valence-corrected chi connectivity index (χ1v) is 8.74. The van der Waals surface area contributed by atoms with Crippen LogP contribution >= 0.6 is 11.3 Å². The fourth-order valence-electron chi connectivity index (χ4n) is 1.55. The van der Waals surface area contributed by atoms with Gasteiger partial charge in [0.2, 0.25) is 0 Å². The molecule has 0 radical (unpaired) electrons. The highest BCUT2D eigenvalue weighted by Crippen LogP contribution is 2.25. The van der Waals surface area contributed by atoms with Crippen molar-refractivity contribution in [3.63, 3.8) is 0 Å². The summed E-state index contributed by atoms with van der Waals surface area (Å²) in [7, 11) is -1.17. The van der Waals surface area contributed by atoms with Crippen molar-refractivity contribution >= 4 is 28.3 Å². The average molecular weight is 317 g/mol. The Hall–Kier alpha value is -0.720. The molecule has 6 heteroatoms. The highest BCUT2D eigenvalue weighted by Gasteiger charge is 2.24. The first-order chi connectivity index (χ1) is 9.34. The van der Waals surface area contributed by atoms with Gasteiger partial charge >= 0.3 is 5.97 Å². The molecule has 1 aromatic rings. The van der Waals surface area contributed by atoms with Crippen LogP contribution in [0.2, 0.25) is 0 Å². The molecule has 1 N–H and O–H groups in total. The van der Waals surface area contributed by atoms with Gasteiger partial charge in [-0.2, -0.15) is 0 Å². The van der Waals surface area contributed by atoms with Gasteiger partial charge in [-0.15, -0.1) is 11.3 Å². The van der Waals surface area contributed by atoms with Gasteiger partial charge in [0, 0.05) is 11.3 Å². The molecule has 0 spiro atoms. The summed E-state index contributed by atoms with van der Waals surface area (Å²) in [6.07, 6.45) is 0.909. The van der Waals surface area contributed by atoms with E-state index in [1.54, 1.807) is 18.3 Å². The van der Waals surface area contributed by atoms with Gasteiger partial charge in [0.15, 0.2) is 0 Å². The Kier molecular flexibility index (Phi) is 6.85. The minimum atomic E-state index is -1.17. The van der Waals surface area contributed by atoms with Gasteiger partial charge in [0.05, 0.1) is 28.4 Å². The Morgan fingerprint density at radius 2 is 2.20 bits per heavy atom. The second-order valence-corrected chi connectivity index (χ2v) is 8.39. The second-order valence-electron chi connectivity index (χ2n) is 5.41. The predicted octanol–water partition coefficient (Wildman–Crippen LogP) is 3.18. The molecule has 0 aliphatic carbocycles. The molecule has 20 heavy (non-hydrogen) atoms. The lowest BCUT2D eigenvalue weighted by Crippen LogP contribution is -2.35. The lowest BCUT2D eigenvalue weighted by atomic mass is 10.1. The van der Waals surface area contributed by atoms with Crippen LogP contribution in [0.25, 0.3) is 0 Å². The summed E-state index contributed by atoms with van der Waals surface area (Å²) in [5.41, 5.74) is 0. The maximum atomic E-state index is 12.2. The third-order valence-electron chi connectivity index (χ3n) is 2.63. The van der Waals surface area contributed by atoms with Crippen molar-refractivity contribution in [2.45, 2.75) is 51.3 Å². The molecule has 0 aromatic carbocycles. The Balaban J connectivity index is 2.67. The second kappa shape index (κ2) is 7.90. The Labute approximate surface area is 127 Å². The third-order valence-corrected chi connectivity index (χ3v) is 5.23.